The van der Waals surface area contributed by atoms with Crippen LogP contribution in [0.15, 0.2) is 0 Å². The minimum absolute atomic E-state index is 0.260. The fraction of sp³-hybridized carbons (Fsp3) is 0.615. The molecule has 0 aliphatic heterocycles. The van der Waals surface area contributed by atoms with Crippen molar-refractivity contribution in [1.29, 1.82) is 0 Å². The van der Waals surface area contributed by atoms with Gasteiger partial charge in [-0.2, -0.15) is 0 Å². The number of hydrogen-bond donors (Lipinski definition) is 2. The molecule has 4 rings (SSSR count). The molecule has 0 saturated carbocycles. The van der Waals surface area contributed by atoms with E-state index in [0.29, 0.717) is 23.0 Å². The normalized spacial score (nSPS) is 17.8. The Morgan fingerprint density at radius 2 is 1.82 bits per heavy atom. The fourth-order valence-corrected chi connectivity index (χ4v) is 7.63. The van der Waals surface area contributed by atoms with Gasteiger partial charge in [0.25, 0.3) is 0 Å². The van der Waals surface area contributed by atoms with Crippen molar-refractivity contribution < 1.29 is 14.3 Å². The molecular weight excluding hydrogens is 452 g/mol. The van der Waals surface area contributed by atoms with E-state index in [4.69, 9.17) is 4.74 Å². The zero-order valence-electron chi connectivity index (χ0n) is 20.5. The van der Waals surface area contributed by atoms with E-state index in [2.05, 4.69) is 24.5 Å². The van der Waals surface area contributed by atoms with Crippen LogP contribution in [0.2, 0.25) is 0 Å². The first-order valence-electron chi connectivity index (χ1n) is 12.2. The molecule has 1 unspecified atom stereocenters. The highest BCUT2D eigenvalue weighted by molar-refractivity contribution is 7.17. The molecule has 0 radical (unpaired) electrons. The summed E-state index contributed by atoms with van der Waals surface area (Å²) >= 11 is 3.45. The molecule has 2 aliphatic rings. The molecule has 2 aromatic rings. The van der Waals surface area contributed by atoms with Crippen molar-refractivity contribution in [3.63, 3.8) is 0 Å². The van der Waals surface area contributed by atoms with Gasteiger partial charge in [0, 0.05) is 21.2 Å². The maximum atomic E-state index is 13.1. The van der Waals surface area contributed by atoms with Crippen LogP contribution in [-0.2, 0) is 43.4 Å². The van der Waals surface area contributed by atoms with Gasteiger partial charge in [-0.25, -0.2) is 9.59 Å². The molecule has 1 atom stereocenters. The van der Waals surface area contributed by atoms with Gasteiger partial charge in [-0.05, 0) is 94.7 Å². The number of thiophene rings is 2. The number of hydrogen-bond acceptors (Lipinski definition) is 5. The lowest BCUT2D eigenvalue weighted by Gasteiger charge is -2.22. The topological polar surface area (TPSA) is 67.4 Å². The number of urea groups is 1. The van der Waals surface area contributed by atoms with Gasteiger partial charge in [0.05, 0.1) is 5.56 Å². The highest BCUT2D eigenvalue weighted by atomic mass is 32.1. The number of anilines is 1. The van der Waals surface area contributed by atoms with Gasteiger partial charge in [0.1, 0.15) is 10.6 Å². The summed E-state index contributed by atoms with van der Waals surface area (Å²) in [6.07, 6.45) is 8.61. The number of carbonyl (C=O) groups excluding carboxylic acids is 2. The SMILES string of the molecule is CCc1sc2c(c1CNC(=O)Nc1sc3c(c1C(=O)OC(C)(C)C)CCC(C)C3)CCCC2. The first-order valence-corrected chi connectivity index (χ1v) is 13.8. The number of nitrogens with one attached hydrogen (secondary N) is 2. The van der Waals surface area contributed by atoms with Crippen LogP contribution >= 0.6 is 22.7 Å². The summed E-state index contributed by atoms with van der Waals surface area (Å²) < 4.78 is 5.71. The van der Waals surface area contributed by atoms with Gasteiger partial charge in [0.15, 0.2) is 0 Å². The van der Waals surface area contributed by atoms with Crippen molar-refractivity contribution in [3.05, 3.63) is 36.9 Å². The Hall–Kier alpha value is -1.86. The molecule has 5 nitrogen and oxygen atoms in total. The molecule has 33 heavy (non-hydrogen) atoms. The largest absolute Gasteiger partial charge is 0.456 e. The third kappa shape index (κ3) is 5.46. The number of fused-ring (bicyclic) bond motifs is 2. The van der Waals surface area contributed by atoms with Gasteiger partial charge in [-0.1, -0.05) is 13.8 Å². The van der Waals surface area contributed by atoms with Gasteiger partial charge < -0.3 is 10.1 Å². The van der Waals surface area contributed by atoms with Gasteiger partial charge in [-0.15, -0.1) is 22.7 Å². The van der Waals surface area contributed by atoms with Crippen molar-refractivity contribution in [3.8, 4) is 0 Å². The Kier molecular flexibility index (Phi) is 7.20. The number of amides is 2. The van der Waals surface area contributed by atoms with E-state index in [0.717, 1.165) is 44.1 Å². The van der Waals surface area contributed by atoms with Crippen LogP contribution < -0.4 is 10.6 Å². The molecule has 0 bridgehead atoms. The van der Waals surface area contributed by atoms with Gasteiger partial charge >= 0.3 is 12.0 Å². The first-order chi connectivity index (χ1) is 15.7. The molecule has 0 spiro atoms. The molecule has 2 N–H and O–H groups in total. The molecule has 2 aliphatic carbocycles. The summed E-state index contributed by atoms with van der Waals surface area (Å²) in [7, 11) is 0. The maximum Gasteiger partial charge on any atom is 0.341 e. The number of esters is 1. The summed E-state index contributed by atoms with van der Waals surface area (Å²) in [5, 5.41) is 6.69. The molecule has 2 amide bonds. The van der Waals surface area contributed by atoms with Gasteiger partial charge in [-0.3, -0.25) is 5.32 Å². The van der Waals surface area contributed by atoms with Crippen LogP contribution in [0.4, 0.5) is 9.80 Å². The average Bonchev–Trinajstić information content (AvgIpc) is 3.27. The highest BCUT2D eigenvalue weighted by Crippen LogP contribution is 2.40. The van der Waals surface area contributed by atoms with Crippen LogP contribution in [0.25, 0.3) is 0 Å². The van der Waals surface area contributed by atoms with Crippen molar-refractivity contribution >= 4 is 39.7 Å². The summed E-state index contributed by atoms with van der Waals surface area (Å²) in [6, 6.07) is -0.260. The van der Waals surface area contributed by atoms with Crippen molar-refractivity contribution in [2.75, 3.05) is 5.32 Å². The lowest BCUT2D eigenvalue weighted by Crippen LogP contribution is -2.30. The molecular formula is C26H36N2O3S2. The Morgan fingerprint density at radius 3 is 2.55 bits per heavy atom. The second kappa shape index (κ2) is 9.79. The van der Waals surface area contributed by atoms with Crippen LogP contribution in [0, 0.1) is 5.92 Å². The first kappa shape index (κ1) is 24.3. The molecule has 0 fully saturated rings. The van der Waals surface area contributed by atoms with Crippen LogP contribution in [0.5, 0.6) is 0 Å². The fourth-order valence-electron chi connectivity index (χ4n) is 4.88. The summed E-state index contributed by atoms with van der Waals surface area (Å²) in [6.45, 7) is 10.6. The van der Waals surface area contributed by atoms with E-state index < -0.39 is 5.60 Å². The highest BCUT2D eigenvalue weighted by Gasteiger charge is 2.31. The minimum Gasteiger partial charge on any atom is -0.456 e. The molecule has 7 heteroatoms. The van der Waals surface area contributed by atoms with E-state index >= 15 is 0 Å². The second-order valence-electron chi connectivity index (χ2n) is 10.3. The van der Waals surface area contributed by atoms with Crippen LogP contribution in [0.3, 0.4) is 0 Å². The number of ether oxygens (including phenoxy) is 1. The monoisotopic (exact) mass is 488 g/mol. The van der Waals surface area contributed by atoms with Crippen molar-refractivity contribution in [2.24, 2.45) is 5.92 Å². The Labute approximate surface area is 205 Å². The smallest absolute Gasteiger partial charge is 0.341 e. The lowest BCUT2D eigenvalue weighted by atomic mass is 9.88. The van der Waals surface area contributed by atoms with Crippen LogP contribution in [0.1, 0.15) is 95.6 Å². The van der Waals surface area contributed by atoms with Crippen LogP contribution in [-0.4, -0.2) is 17.6 Å². The quantitative estimate of drug-likeness (QED) is 0.463. The summed E-state index contributed by atoms with van der Waals surface area (Å²) in [4.78, 5) is 30.1. The van der Waals surface area contributed by atoms with Crippen molar-refractivity contribution in [1.82, 2.24) is 5.32 Å². The van der Waals surface area contributed by atoms with E-state index in [1.54, 1.807) is 0 Å². The standard InChI is InChI=1S/C26H36N2O3S2/c1-6-19-18(16-9-7-8-10-20(16)32-19)14-27-25(30)28-23-22(24(29)31-26(3,4)5)17-12-11-15(2)13-21(17)33-23/h15H,6-14H2,1-5H3,(H2,27,28,30). The predicted octanol–water partition coefficient (Wildman–Crippen LogP) is 6.65. The van der Waals surface area contributed by atoms with E-state index in [-0.39, 0.29) is 12.0 Å². The molecule has 0 saturated heterocycles. The zero-order chi connectivity index (χ0) is 23.8. The number of carbonyl (C=O) groups is 2. The average molecular weight is 489 g/mol. The summed E-state index contributed by atoms with van der Waals surface area (Å²) in [5.74, 6) is 0.242. The number of aryl methyl sites for hydroxylation is 2. The minimum atomic E-state index is -0.581. The third-order valence-electron chi connectivity index (χ3n) is 6.45. The number of rotatable bonds is 5. The Bertz CT molecular complexity index is 1050. The van der Waals surface area contributed by atoms with Crippen molar-refractivity contribution in [2.45, 2.75) is 98.1 Å². The van der Waals surface area contributed by atoms with E-state index in [1.165, 1.54) is 49.9 Å². The lowest BCUT2D eigenvalue weighted by molar-refractivity contribution is 0.00697. The zero-order valence-corrected chi connectivity index (χ0v) is 22.1. The second-order valence-corrected chi connectivity index (χ2v) is 12.6. The predicted molar refractivity (Wildman–Crippen MR) is 137 cm³/mol. The Balaban J connectivity index is 1.52. The molecule has 2 heterocycles. The third-order valence-corrected chi connectivity index (χ3v) is 9.10. The Morgan fingerprint density at radius 1 is 1.06 bits per heavy atom. The maximum absolute atomic E-state index is 13.1. The molecule has 180 valence electrons. The summed E-state index contributed by atoms with van der Waals surface area (Å²) in [5.41, 5.74) is 3.79. The van der Waals surface area contributed by atoms with Gasteiger partial charge in [0.2, 0.25) is 0 Å². The molecule has 0 aromatic carbocycles. The van der Waals surface area contributed by atoms with E-state index in [9.17, 15) is 9.59 Å². The van der Waals surface area contributed by atoms with E-state index in [1.807, 2.05) is 32.1 Å². The molecule has 2 aromatic heterocycles.